The second-order valence-corrected chi connectivity index (χ2v) is 6.76. The number of para-hydroxylation sites is 1. The zero-order valence-electron chi connectivity index (χ0n) is 15.6. The van der Waals surface area contributed by atoms with E-state index in [1.54, 1.807) is 17.0 Å². The highest BCUT2D eigenvalue weighted by Crippen LogP contribution is 2.34. The maximum absolute atomic E-state index is 13.2. The van der Waals surface area contributed by atoms with Gasteiger partial charge in [-0.15, -0.1) is 0 Å². The number of hydrogen-bond donors (Lipinski definition) is 2. The van der Waals surface area contributed by atoms with E-state index in [4.69, 9.17) is 9.84 Å². The third kappa shape index (κ3) is 4.06. The second-order valence-electron chi connectivity index (χ2n) is 6.76. The Hall–Kier alpha value is -3.80. The van der Waals surface area contributed by atoms with Crippen LogP contribution in [0.3, 0.4) is 0 Å². The molecule has 0 radical (unpaired) electrons. The van der Waals surface area contributed by atoms with Crippen molar-refractivity contribution in [2.24, 2.45) is 0 Å². The number of hydrogen-bond acceptors (Lipinski definition) is 4. The zero-order valence-corrected chi connectivity index (χ0v) is 15.6. The van der Waals surface area contributed by atoms with Gasteiger partial charge in [-0.1, -0.05) is 54.6 Å². The van der Waals surface area contributed by atoms with E-state index in [1.165, 1.54) is 0 Å². The molecule has 3 aromatic carbocycles. The smallest absolute Gasteiger partial charge is 0.341 e. The Kier molecular flexibility index (Phi) is 5.16. The first kappa shape index (κ1) is 18.6. The largest absolute Gasteiger partial charge is 0.482 e. The van der Waals surface area contributed by atoms with Gasteiger partial charge in [0.25, 0.3) is 5.91 Å². The number of aliphatic carboxylic acids is 1. The number of ether oxygens (including phenoxy) is 1. The van der Waals surface area contributed by atoms with Gasteiger partial charge < -0.3 is 20.1 Å². The standard InChI is InChI=1S/C23H20N2O4/c26-21(27)15-29-18-12-10-17(11-13-18)22-24-20-9-5-4-8-19(20)23(28)25(22)14-16-6-2-1-3-7-16/h1-13,22,24H,14-15H2,(H,26,27)/t22-/m1/s1. The Labute approximate surface area is 168 Å². The number of carbonyl (C=O) groups excluding carboxylic acids is 1. The van der Waals surface area contributed by atoms with Crippen molar-refractivity contribution in [2.45, 2.75) is 12.7 Å². The van der Waals surface area contributed by atoms with Gasteiger partial charge in [-0.05, 0) is 35.4 Å². The van der Waals surface area contributed by atoms with E-state index in [2.05, 4.69) is 5.32 Å². The summed E-state index contributed by atoms with van der Waals surface area (Å²) in [4.78, 5) is 25.7. The normalized spacial score (nSPS) is 15.4. The Morgan fingerprint density at radius 1 is 0.966 bits per heavy atom. The number of carbonyl (C=O) groups is 2. The van der Waals surface area contributed by atoms with Gasteiger partial charge in [0.2, 0.25) is 0 Å². The number of benzene rings is 3. The molecule has 0 saturated heterocycles. The number of nitrogens with zero attached hydrogens (tertiary/aromatic N) is 1. The Balaban J connectivity index is 1.65. The minimum Gasteiger partial charge on any atom is -0.482 e. The molecule has 0 fully saturated rings. The monoisotopic (exact) mass is 388 g/mol. The Bertz CT molecular complexity index is 1020. The highest BCUT2D eigenvalue weighted by atomic mass is 16.5. The lowest BCUT2D eigenvalue weighted by atomic mass is 10.0. The first-order valence-corrected chi connectivity index (χ1v) is 9.27. The summed E-state index contributed by atoms with van der Waals surface area (Å²) in [7, 11) is 0. The number of anilines is 1. The molecule has 1 aliphatic rings. The van der Waals surface area contributed by atoms with Crippen molar-refractivity contribution in [3.8, 4) is 5.75 Å². The van der Waals surface area contributed by atoms with Crippen molar-refractivity contribution < 1.29 is 19.4 Å². The number of rotatable bonds is 6. The molecule has 0 aromatic heterocycles. The van der Waals surface area contributed by atoms with Crippen LogP contribution >= 0.6 is 0 Å². The lowest BCUT2D eigenvalue weighted by Gasteiger charge is -2.38. The minimum atomic E-state index is -1.03. The molecule has 0 saturated carbocycles. The van der Waals surface area contributed by atoms with E-state index in [0.29, 0.717) is 17.9 Å². The van der Waals surface area contributed by atoms with Crippen molar-refractivity contribution in [1.82, 2.24) is 4.90 Å². The van der Waals surface area contributed by atoms with Gasteiger partial charge in [0.15, 0.2) is 6.61 Å². The molecule has 0 spiro atoms. The topological polar surface area (TPSA) is 78.9 Å². The minimum absolute atomic E-state index is 0.0422. The van der Waals surface area contributed by atoms with Crippen LogP contribution in [0.2, 0.25) is 0 Å². The van der Waals surface area contributed by atoms with Gasteiger partial charge >= 0.3 is 5.97 Å². The van der Waals surface area contributed by atoms with E-state index in [0.717, 1.165) is 16.8 Å². The number of carboxylic acid groups (broad SMARTS) is 1. The quantitative estimate of drug-likeness (QED) is 0.669. The predicted octanol–water partition coefficient (Wildman–Crippen LogP) is 3.92. The van der Waals surface area contributed by atoms with Crippen LogP contribution in [0.1, 0.15) is 27.7 Å². The first-order chi connectivity index (χ1) is 14.1. The van der Waals surface area contributed by atoms with Crippen molar-refractivity contribution in [3.05, 3.63) is 95.6 Å². The molecule has 0 bridgehead atoms. The average molecular weight is 388 g/mol. The third-order valence-corrected chi connectivity index (χ3v) is 4.78. The molecule has 0 aliphatic carbocycles. The predicted molar refractivity (Wildman–Crippen MR) is 109 cm³/mol. The van der Waals surface area contributed by atoms with Crippen LogP contribution in [-0.4, -0.2) is 28.5 Å². The van der Waals surface area contributed by atoms with Crippen molar-refractivity contribution >= 4 is 17.6 Å². The van der Waals surface area contributed by atoms with Crippen LogP contribution in [0, 0.1) is 0 Å². The summed E-state index contributed by atoms with van der Waals surface area (Å²) in [5, 5.41) is 12.2. The summed E-state index contributed by atoms with van der Waals surface area (Å²) in [5.74, 6) is -0.605. The molecule has 6 heteroatoms. The highest BCUT2D eigenvalue weighted by Gasteiger charge is 2.32. The fraction of sp³-hybridized carbons (Fsp3) is 0.130. The molecule has 3 aromatic rings. The SMILES string of the molecule is O=C(O)COc1ccc([C@@H]2Nc3ccccc3C(=O)N2Cc2ccccc2)cc1. The van der Waals surface area contributed by atoms with Crippen LogP contribution in [0.5, 0.6) is 5.75 Å². The van der Waals surface area contributed by atoms with Gasteiger partial charge in [-0.25, -0.2) is 4.79 Å². The number of carboxylic acids is 1. The summed E-state index contributed by atoms with van der Waals surface area (Å²) < 4.78 is 5.21. The number of amides is 1. The van der Waals surface area contributed by atoms with Crippen molar-refractivity contribution in [2.75, 3.05) is 11.9 Å². The van der Waals surface area contributed by atoms with Crippen molar-refractivity contribution in [3.63, 3.8) is 0 Å². The second kappa shape index (κ2) is 8.06. The van der Waals surface area contributed by atoms with E-state index in [-0.39, 0.29) is 12.1 Å². The van der Waals surface area contributed by atoms with E-state index >= 15 is 0 Å². The fourth-order valence-corrected chi connectivity index (χ4v) is 3.39. The van der Waals surface area contributed by atoms with Crippen LogP contribution in [-0.2, 0) is 11.3 Å². The Morgan fingerprint density at radius 2 is 1.66 bits per heavy atom. The maximum Gasteiger partial charge on any atom is 0.341 e. The summed E-state index contributed by atoms with van der Waals surface area (Å²) in [6, 6.07) is 24.4. The van der Waals surface area contributed by atoms with Crippen LogP contribution in [0.15, 0.2) is 78.9 Å². The fourth-order valence-electron chi connectivity index (χ4n) is 3.39. The first-order valence-electron chi connectivity index (χ1n) is 9.27. The van der Waals surface area contributed by atoms with Gasteiger partial charge in [-0.3, -0.25) is 4.79 Å². The molecule has 4 rings (SSSR count). The summed E-state index contributed by atoms with van der Waals surface area (Å²) in [6.45, 7) is 0.0654. The summed E-state index contributed by atoms with van der Waals surface area (Å²) in [5.41, 5.74) is 3.35. The zero-order chi connectivity index (χ0) is 20.2. The molecule has 1 heterocycles. The van der Waals surface area contributed by atoms with Gasteiger partial charge in [0.05, 0.1) is 5.56 Å². The van der Waals surface area contributed by atoms with E-state index in [1.807, 2.05) is 66.7 Å². The third-order valence-electron chi connectivity index (χ3n) is 4.78. The molecular weight excluding hydrogens is 368 g/mol. The molecule has 1 atom stereocenters. The Morgan fingerprint density at radius 3 is 2.38 bits per heavy atom. The maximum atomic E-state index is 13.2. The number of fused-ring (bicyclic) bond motifs is 1. The lowest BCUT2D eigenvalue weighted by molar-refractivity contribution is -0.139. The lowest BCUT2D eigenvalue weighted by Crippen LogP contribution is -2.42. The van der Waals surface area contributed by atoms with Gasteiger partial charge in [0.1, 0.15) is 11.9 Å². The molecular formula is C23H20N2O4. The summed E-state index contributed by atoms with van der Waals surface area (Å²) in [6.07, 6.45) is -0.355. The van der Waals surface area contributed by atoms with Gasteiger partial charge in [0, 0.05) is 12.2 Å². The van der Waals surface area contributed by atoms with E-state index < -0.39 is 12.6 Å². The van der Waals surface area contributed by atoms with Crippen LogP contribution < -0.4 is 10.1 Å². The van der Waals surface area contributed by atoms with E-state index in [9.17, 15) is 9.59 Å². The molecule has 6 nitrogen and oxygen atoms in total. The molecule has 29 heavy (non-hydrogen) atoms. The van der Waals surface area contributed by atoms with Crippen LogP contribution in [0.25, 0.3) is 0 Å². The molecule has 0 unspecified atom stereocenters. The molecule has 2 N–H and O–H groups in total. The molecule has 146 valence electrons. The average Bonchev–Trinajstić information content (AvgIpc) is 2.75. The highest BCUT2D eigenvalue weighted by molar-refractivity contribution is 6.01. The van der Waals surface area contributed by atoms with Crippen LogP contribution in [0.4, 0.5) is 5.69 Å². The van der Waals surface area contributed by atoms with Crippen molar-refractivity contribution in [1.29, 1.82) is 0 Å². The summed E-state index contributed by atoms with van der Waals surface area (Å²) >= 11 is 0. The number of nitrogens with one attached hydrogen (secondary N) is 1. The molecule has 1 aliphatic heterocycles. The molecule has 1 amide bonds. The van der Waals surface area contributed by atoms with Gasteiger partial charge in [-0.2, -0.15) is 0 Å².